The van der Waals surface area contributed by atoms with Crippen LogP contribution in [-0.2, 0) is 14.3 Å². The highest BCUT2D eigenvalue weighted by molar-refractivity contribution is 5.87. The Morgan fingerprint density at radius 3 is 2.27 bits per heavy atom. The van der Waals surface area contributed by atoms with Crippen LogP contribution in [0.15, 0.2) is 48.5 Å². The summed E-state index contributed by atoms with van der Waals surface area (Å²) in [6.45, 7) is 0.174. The Hall–Kier alpha value is -3.79. The average molecular weight is 447 g/mol. The van der Waals surface area contributed by atoms with Gasteiger partial charge in [-0.05, 0) is 35.1 Å². The van der Waals surface area contributed by atoms with Crippen LogP contribution in [0.2, 0.25) is 0 Å². The molecule has 0 unspecified atom stereocenters. The molecule has 2 atom stereocenters. The smallest absolute Gasteiger partial charge is 0.407 e. The first kappa shape index (κ1) is 22.4. The number of fused-ring (bicyclic) bond motifs is 3. The van der Waals surface area contributed by atoms with Gasteiger partial charge in [-0.25, -0.2) is 9.59 Å². The monoisotopic (exact) mass is 446 g/mol. The van der Waals surface area contributed by atoms with E-state index in [1.165, 1.54) is 0 Å². The number of carbonyl (C=O) groups is 3. The number of hydrogen-bond donors (Lipinski definition) is 3. The van der Waals surface area contributed by atoms with Gasteiger partial charge in [0.1, 0.15) is 6.61 Å². The number of benzene rings is 2. The normalized spacial score (nSPS) is 18.8. The number of aliphatic carboxylic acids is 1. The number of amides is 2. The molecule has 33 heavy (non-hydrogen) atoms. The number of rotatable bonds is 5. The van der Waals surface area contributed by atoms with Crippen molar-refractivity contribution < 1.29 is 24.2 Å². The fraction of sp³-hybridized carbons (Fsp3) is 0.346. The van der Waals surface area contributed by atoms with E-state index in [-0.39, 0.29) is 31.0 Å². The largest absolute Gasteiger partial charge is 0.472 e. The second-order valence-electron chi connectivity index (χ2n) is 8.29. The lowest BCUT2D eigenvalue weighted by atomic mass is 9.84. The number of carboxylic acid groups (broad SMARTS) is 1. The van der Waals surface area contributed by atoms with Crippen molar-refractivity contribution >= 4 is 18.0 Å². The first-order valence-electron chi connectivity index (χ1n) is 11.2. The summed E-state index contributed by atoms with van der Waals surface area (Å²) in [4.78, 5) is 35.7. The van der Waals surface area contributed by atoms with E-state index < -0.39 is 18.0 Å². The first-order chi connectivity index (χ1) is 16.0. The molecular formula is C26H26N2O5. The predicted octanol–water partition coefficient (Wildman–Crippen LogP) is 3.29. The second kappa shape index (κ2) is 10.2. The lowest BCUT2D eigenvalue weighted by Gasteiger charge is -2.30. The summed E-state index contributed by atoms with van der Waals surface area (Å²) in [5, 5.41) is 14.1. The summed E-state index contributed by atoms with van der Waals surface area (Å²) in [7, 11) is 0. The first-order valence-corrected chi connectivity index (χ1v) is 11.2. The molecule has 4 rings (SSSR count). The van der Waals surface area contributed by atoms with Crippen molar-refractivity contribution in [2.45, 2.75) is 37.6 Å². The topological polar surface area (TPSA) is 105 Å². The van der Waals surface area contributed by atoms with Crippen molar-refractivity contribution in [2.75, 3.05) is 13.2 Å². The number of ether oxygens (including phenoxy) is 1. The van der Waals surface area contributed by atoms with Crippen molar-refractivity contribution in [1.29, 1.82) is 0 Å². The van der Waals surface area contributed by atoms with Crippen LogP contribution in [0.1, 0.15) is 42.7 Å². The average Bonchev–Trinajstić information content (AvgIpc) is 3.14. The molecule has 2 amide bonds. The molecule has 0 saturated heterocycles. The van der Waals surface area contributed by atoms with Gasteiger partial charge < -0.3 is 20.5 Å². The Balaban J connectivity index is 1.36. The summed E-state index contributed by atoms with van der Waals surface area (Å²) in [6, 6.07) is 16.0. The molecule has 0 heterocycles. The fourth-order valence-corrected chi connectivity index (χ4v) is 4.79. The Bertz CT molecular complexity index is 1070. The molecule has 2 aliphatic rings. The second-order valence-corrected chi connectivity index (χ2v) is 8.29. The third kappa shape index (κ3) is 5.17. The van der Waals surface area contributed by atoms with E-state index >= 15 is 0 Å². The Morgan fingerprint density at radius 1 is 0.970 bits per heavy atom. The minimum Gasteiger partial charge on any atom is -0.472 e. The molecule has 2 aromatic carbocycles. The third-order valence-electron chi connectivity index (χ3n) is 6.30. The minimum absolute atomic E-state index is 0.0265. The maximum Gasteiger partial charge on any atom is 0.407 e. The highest BCUT2D eigenvalue weighted by Crippen LogP contribution is 2.44. The van der Waals surface area contributed by atoms with Crippen molar-refractivity contribution in [1.82, 2.24) is 10.6 Å². The van der Waals surface area contributed by atoms with E-state index in [0.717, 1.165) is 35.1 Å². The van der Waals surface area contributed by atoms with Gasteiger partial charge in [0.25, 0.3) is 0 Å². The molecule has 7 heteroatoms. The van der Waals surface area contributed by atoms with E-state index in [2.05, 4.69) is 40.8 Å². The van der Waals surface area contributed by atoms with Gasteiger partial charge in [-0.3, -0.25) is 4.79 Å². The minimum atomic E-state index is -1.24. The molecule has 0 radical (unpaired) electrons. The quantitative estimate of drug-likeness (QED) is 0.612. The van der Waals surface area contributed by atoms with Crippen molar-refractivity contribution in [2.24, 2.45) is 5.92 Å². The number of hydrogen-bond acceptors (Lipinski definition) is 4. The van der Waals surface area contributed by atoms with E-state index in [1.807, 2.05) is 30.2 Å². The molecule has 1 saturated carbocycles. The molecule has 3 N–H and O–H groups in total. The molecule has 0 spiro atoms. The molecule has 2 aromatic rings. The number of nitrogens with one attached hydrogen (secondary N) is 2. The maximum absolute atomic E-state index is 12.6. The Kier molecular flexibility index (Phi) is 6.94. The van der Waals surface area contributed by atoms with Crippen LogP contribution < -0.4 is 10.6 Å². The summed E-state index contributed by atoms with van der Waals surface area (Å²) in [5.41, 5.74) is 4.61. The standard InChI is InChI=1S/C26H26N2O5/c29-24(30)14-7-15-27-25(31)21-12-5-6-13-23(21)28-26(32)33-16-22-19-10-3-1-8-17(19)18-9-2-4-11-20(18)22/h1-4,8-11,21-23H,5-6,12-13,15-16H2,(H,27,31)(H,28,32)(H,29,30)/t21-,23+/m1/s1. The van der Waals surface area contributed by atoms with Gasteiger partial charge in [0, 0.05) is 17.9 Å². The number of carbonyl (C=O) groups excluding carboxylic acids is 2. The summed E-state index contributed by atoms with van der Waals surface area (Å²) >= 11 is 0. The molecule has 1 fully saturated rings. The van der Waals surface area contributed by atoms with Crippen LogP contribution in [0.4, 0.5) is 4.79 Å². The van der Waals surface area contributed by atoms with Crippen molar-refractivity contribution in [3.05, 3.63) is 59.7 Å². The molecule has 0 bridgehead atoms. The van der Waals surface area contributed by atoms with Crippen LogP contribution in [0.25, 0.3) is 11.1 Å². The van der Waals surface area contributed by atoms with Gasteiger partial charge >= 0.3 is 12.1 Å². The van der Waals surface area contributed by atoms with Crippen LogP contribution in [0.3, 0.4) is 0 Å². The predicted molar refractivity (Wildman–Crippen MR) is 122 cm³/mol. The van der Waals surface area contributed by atoms with Gasteiger partial charge in [0.15, 0.2) is 0 Å². The van der Waals surface area contributed by atoms with Crippen LogP contribution in [0.5, 0.6) is 0 Å². The van der Waals surface area contributed by atoms with E-state index in [4.69, 9.17) is 9.84 Å². The van der Waals surface area contributed by atoms with Crippen molar-refractivity contribution in [3.8, 4) is 23.0 Å². The van der Waals surface area contributed by atoms with E-state index in [0.29, 0.717) is 12.8 Å². The molecule has 170 valence electrons. The highest BCUT2D eigenvalue weighted by Gasteiger charge is 2.33. The zero-order chi connectivity index (χ0) is 23.2. The van der Waals surface area contributed by atoms with Crippen LogP contribution >= 0.6 is 0 Å². The number of carboxylic acids is 1. The summed E-state index contributed by atoms with van der Waals surface area (Å²) < 4.78 is 5.63. The molecule has 7 nitrogen and oxygen atoms in total. The van der Waals surface area contributed by atoms with Crippen LogP contribution in [-0.4, -0.2) is 42.3 Å². The SMILES string of the molecule is O=C(O)C#CCNC(=O)[C@@H]1CCCC[C@@H]1NC(=O)OCC1c2ccccc2-c2ccccc21. The zero-order valence-electron chi connectivity index (χ0n) is 18.2. The lowest BCUT2D eigenvalue weighted by Crippen LogP contribution is -2.48. The van der Waals surface area contributed by atoms with E-state index in [9.17, 15) is 14.4 Å². The lowest BCUT2D eigenvalue weighted by molar-refractivity contribution is -0.130. The molecular weight excluding hydrogens is 420 g/mol. The van der Waals surface area contributed by atoms with Crippen LogP contribution in [0, 0.1) is 17.8 Å². The third-order valence-corrected chi connectivity index (χ3v) is 6.30. The molecule has 0 aliphatic heterocycles. The number of alkyl carbamates (subject to hydrolysis) is 1. The zero-order valence-corrected chi connectivity index (χ0v) is 18.2. The summed E-state index contributed by atoms with van der Waals surface area (Å²) in [5.74, 6) is 2.45. The van der Waals surface area contributed by atoms with Gasteiger partial charge in [-0.15, -0.1) is 0 Å². The molecule has 0 aromatic heterocycles. The maximum atomic E-state index is 12.6. The van der Waals surface area contributed by atoms with Gasteiger partial charge in [-0.2, -0.15) is 0 Å². The van der Waals surface area contributed by atoms with Gasteiger partial charge in [-0.1, -0.05) is 67.3 Å². The Morgan fingerprint density at radius 2 is 1.61 bits per heavy atom. The fourth-order valence-electron chi connectivity index (χ4n) is 4.79. The summed E-state index contributed by atoms with van der Waals surface area (Å²) in [6.07, 6.45) is 2.60. The van der Waals surface area contributed by atoms with Gasteiger partial charge in [0.05, 0.1) is 12.5 Å². The van der Waals surface area contributed by atoms with Crippen molar-refractivity contribution in [3.63, 3.8) is 0 Å². The Labute approximate surface area is 192 Å². The van der Waals surface area contributed by atoms with Gasteiger partial charge in [0.2, 0.25) is 5.91 Å². The van der Waals surface area contributed by atoms with E-state index in [1.54, 1.807) is 0 Å². The highest BCUT2D eigenvalue weighted by atomic mass is 16.5. The molecule has 2 aliphatic carbocycles.